The monoisotopic (exact) mass is 387 g/mol. The van der Waals surface area contributed by atoms with Crippen LogP contribution in [0.1, 0.15) is 23.2 Å². The lowest BCUT2D eigenvalue weighted by Crippen LogP contribution is -2.30. The van der Waals surface area contributed by atoms with Crippen molar-refractivity contribution in [2.75, 3.05) is 19.6 Å². The Bertz CT molecular complexity index is 721. The van der Waals surface area contributed by atoms with Crippen LogP contribution >= 0.6 is 15.9 Å². The molecule has 0 aliphatic heterocycles. The average molecular weight is 388 g/mol. The molecule has 1 aliphatic rings. The molecule has 22 heavy (non-hydrogen) atoms. The Labute approximate surface area is 139 Å². The first-order valence-electron chi connectivity index (χ1n) is 6.90. The molecule has 0 radical (unpaired) electrons. The summed E-state index contributed by atoms with van der Waals surface area (Å²) in [6.45, 7) is 0. The first kappa shape index (κ1) is 17.1. The second-order valence-electron chi connectivity index (χ2n) is 5.61. The molecule has 0 bridgehead atoms. The van der Waals surface area contributed by atoms with E-state index >= 15 is 0 Å². The highest BCUT2D eigenvalue weighted by Crippen LogP contribution is 2.29. The van der Waals surface area contributed by atoms with Crippen LogP contribution in [0.25, 0.3) is 0 Å². The van der Waals surface area contributed by atoms with Gasteiger partial charge in [-0.3, -0.25) is 9.00 Å². The Hall–Kier alpha value is -1.27. The Morgan fingerprint density at radius 3 is 2.64 bits per heavy atom. The maximum Gasteiger partial charge on any atom is 0.261 e. The van der Waals surface area contributed by atoms with E-state index in [2.05, 4.69) is 15.9 Å². The number of hydrogen-bond acceptors (Lipinski definition) is 2. The lowest BCUT2D eigenvalue weighted by Gasteiger charge is -2.28. The number of amides is 1. The van der Waals surface area contributed by atoms with E-state index in [-0.39, 0.29) is 5.56 Å². The SMILES string of the molecule is CN(C(=O)c1ccc(Br)cc1F)C1=C([SH](C)(C)=O)CCC=C1. The van der Waals surface area contributed by atoms with Crippen LogP contribution in [0.2, 0.25) is 0 Å². The van der Waals surface area contributed by atoms with Crippen molar-refractivity contribution in [3.63, 3.8) is 0 Å². The summed E-state index contributed by atoms with van der Waals surface area (Å²) in [5, 5.41) is 0. The van der Waals surface area contributed by atoms with Crippen molar-refractivity contribution >= 4 is 31.8 Å². The van der Waals surface area contributed by atoms with E-state index in [0.29, 0.717) is 16.6 Å². The molecule has 3 nitrogen and oxygen atoms in total. The van der Waals surface area contributed by atoms with Crippen LogP contribution in [-0.4, -0.2) is 34.6 Å². The lowest BCUT2D eigenvalue weighted by molar-refractivity contribution is 0.0835. The van der Waals surface area contributed by atoms with Gasteiger partial charge in [0.2, 0.25) is 0 Å². The van der Waals surface area contributed by atoms with Crippen molar-refractivity contribution in [2.24, 2.45) is 0 Å². The molecule has 0 saturated heterocycles. The van der Waals surface area contributed by atoms with E-state index in [1.54, 1.807) is 31.7 Å². The lowest BCUT2D eigenvalue weighted by atomic mass is 10.1. The van der Waals surface area contributed by atoms with Crippen molar-refractivity contribution in [1.29, 1.82) is 0 Å². The zero-order valence-electron chi connectivity index (χ0n) is 12.8. The van der Waals surface area contributed by atoms with Crippen molar-refractivity contribution in [1.82, 2.24) is 4.90 Å². The molecule has 0 unspecified atom stereocenters. The topological polar surface area (TPSA) is 37.4 Å². The van der Waals surface area contributed by atoms with Gasteiger partial charge in [0, 0.05) is 16.4 Å². The molecule has 0 atom stereocenters. The van der Waals surface area contributed by atoms with Gasteiger partial charge in [-0.25, -0.2) is 4.39 Å². The first-order valence-corrected chi connectivity index (χ1v) is 10.3. The highest BCUT2D eigenvalue weighted by Gasteiger charge is 2.24. The van der Waals surface area contributed by atoms with Crippen molar-refractivity contribution < 1.29 is 13.4 Å². The van der Waals surface area contributed by atoms with Gasteiger partial charge in [-0.15, -0.1) is 0 Å². The summed E-state index contributed by atoms with van der Waals surface area (Å²) in [7, 11) is -0.881. The summed E-state index contributed by atoms with van der Waals surface area (Å²) < 4.78 is 27.0. The van der Waals surface area contributed by atoms with Gasteiger partial charge < -0.3 is 4.90 Å². The predicted octanol–water partition coefficient (Wildman–Crippen LogP) is 3.50. The summed E-state index contributed by atoms with van der Waals surface area (Å²) in [6.07, 6.45) is 8.60. The summed E-state index contributed by atoms with van der Waals surface area (Å²) >= 11 is 3.17. The molecular formula is C16H19BrFNO2S. The fraction of sp³-hybridized carbons (Fsp3) is 0.312. The standard InChI is InChI=1S/C16H19BrFNO2S/c1-19(14-6-4-5-7-15(14)22(2,3)21)16(20)12-9-8-11(17)10-13(12)18/h4,6,8-10,22H,5,7H2,1-3H3. The van der Waals surface area contributed by atoms with Gasteiger partial charge >= 0.3 is 0 Å². The first-order chi connectivity index (χ1) is 10.2. The smallest absolute Gasteiger partial charge is 0.261 e. The van der Waals surface area contributed by atoms with Gasteiger partial charge in [0.15, 0.2) is 0 Å². The van der Waals surface area contributed by atoms with Gasteiger partial charge in [0.05, 0.1) is 11.3 Å². The number of thiol groups is 1. The Morgan fingerprint density at radius 2 is 2.05 bits per heavy atom. The number of carbonyl (C=O) groups is 1. The Balaban J connectivity index is 2.43. The molecule has 0 spiro atoms. The van der Waals surface area contributed by atoms with E-state index < -0.39 is 21.7 Å². The van der Waals surface area contributed by atoms with Gasteiger partial charge in [0.25, 0.3) is 5.91 Å². The maximum absolute atomic E-state index is 14.0. The van der Waals surface area contributed by atoms with Crippen molar-refractivity contribution in [3.8, 4) is 0 Å². The van der Waals surface area contributed by atoms with E-state index in [1.807, 2.05) is 6.08 Å². The molecule has 1 amide bonds. The number of allylic oxidation sites excluding steroid dienone is 3. The number of likely N-dealkylation sites (N-methyl/N-ethyl adjacent to an activating group) is 1. The van der Waals surface area contributed by atoms with E-state index in [9.17, 15) is 13.4 Å². The van der Waals surface area contributed by atoms with Crippen molar-refractivity contribution in [2.45, 2.75) is 12.8 Å². The Morgan fingerprint density at radius 1 is 1.36 bits per heavy atom. The maximum atomic E-state index is 14.0. The van der Waals surface area contributed by atoms with E-state index in [1.165, 1.54) is 17.0 Å². The molecule has 1 aromatic rings. The molecular weight excluding hydrogens is 369 g/mol. The van der Waals surface area contributed by atoms with Crippen LogP contribution in [0.15, 0.2) is 45.4 Å². The predicted molar refractivity (Wildman–Crippen MR) is 93.0 cm³/mol. The highest BCUT2D eigenvalue weighted by molar-refractivity contribution is 9.10. The zero-order chi connectivity index (χ0) is 16.5. The number of carbonyl (C=O) groups excluding carboxylic acids is 1. The molecule has 6 heteroatoms. The van der Waals surface area contributed by atoms with Crippen LogP contribution in [0.3, 0.4) is 0 Å². The summed E-state index contributed by atoms with van der Waals surface area (Å²) in [6, 6.07) is 4.33. The zero-order valence-corrected chi connectivity index (χ0v) is 15.2. The molecule has 0 N–H and O–H groups in total. The summed E-state index contributed by atoms with van der Waals surface area (Å²) in [4.78, 5) is 14.7. The minimum absolute atomic E-state index is 0.00133. The minimum atomic E-state index is -2.47. The van der Waals surface area contributed by atoms with Crippen LogP contribution in [0.4, 0.5) is 4.39 Å². The Kier molecular flexibility index (Phi) is 5.02. The van der Waals surface area contributed by atoms with Gasteiger partial charge in [0.1, 0.15) is 5.82 Å². The average Bonchev–Trinajstić information content (AvgIpc) is 2.45. The van der Waals surface area contributed by atoms with Crippen LogP contribution in [-0.2, 0) is 9.93 Å². The number of halogens is 2. The third kappa shape index (κ3) is 3.55. The second-order valence-corrected chi connectivity index (χ2v) is 9.77. The molecule has 1 aromatic carbocycles. The third-order valence-electron chi connectivity index (χ3n) is 3.60. The molecule has 0 heterocycles. The quantitative estimate of drug-likeness (QED) is 0.805. The van der Waals surface area contributed by atoms with Gasteiger partial charge in [-0.05, 0) is 49.6 Å². The number of rotatable bonds is 3. The summed E-state index contributed by atoms with van der Waals surface area (Å²) in [5.41, 5.74) is 0.616. The number of hydrogen-bond donors (Lipinski definition) is 1. The largest absolute Gasteiger partial charge is 0.311 e. The van der Waals surface area contributed by atoms with E-state index in [0.717, 1.165) is 11.3 Å². The van der Waals surface area contributed by atoms with Crippen molar-refractivity contribution in [3.05, 3.63) is 56.8 Å². The molecule has 120 valence electrons. The molecule has 0 aromatic heterocycles. The van der Waals surface area contributed by atoms with Crippen LogP contribution in [0, 0.1) is 5.82 Å². The van der Waals surface area contributed by atoms with Crippen LogP contribution in [0.5, 0.6) is 0 Å². The molecule has 0 saturated carbocycles. The molecule has 1 aliphatic carbocycles. The molecule has 0 fully saturated rings. The van der Waals surface area contributed by atoms with Crippen LogP contribution < -0.4 is 0 Å². The van der Waals surface area contributed by atoms with E-state index in [4.69, 9.17) is 0 Å². The van der Waals surface area contributed by atoms with Gasteiger partial charge in [-0.1, -0.05) is 31.9 Å². The summed E-state index contributed by atoms with van der Waals surface area (Å²) in [5.74, 6) is -1.03. The number of nitrogens with zero attached hydrogens (tertiary/aromatic N) is 1. The van der Waals surface area contributed by atoms with Gasteiger partial charge in [-0.2, -0.15) is 0 Å². The normalized spacial score (nSPS) is 15.9. The minimum Gasteiger partial charge on any atom is -0.311 e. The second kappa shape index (κ2) is 6.46. The number of benzene rings is 1. The highest BCUT2D eigenvalue weighted by atomic mass is 79.9. The fourth-order valence-electron chi connectivity index (χ4n) is 2.44. The third-order valence-corrected chi connectivity index (χ3v) is 5.84. The fourth-order valence-corrected chi connectivity index (χ4v) is 4.22. The molecule has 2 rings (SSSR count).